The predicted molar refractivity (Wildman–Crippen MR) is 68.3 cm³/mol. The smallest absolute Gasteiger partial charge is 0.0191 e. The Morgan fingerprint density at radius 2 is 2.07 bits per heavy atom. The summed E-state index contributed by atoms with van der Waals surface area (Å²) >= 11 is 2.10. The monoisotopic (exact) mass is 228 g/mol. The normalized spacial score (nSPS) is 37.4. The lowest BCUT2D eigenvalue weighted by molar-refractivity contribution is 0.178. The second kappa shape index (κ2) is 5.55. The lowest BCUT2D eigenvalue weighted by Gasteiger charge is -2.34. The highest BCUT2D eigenvalue weighted by atomic mass is 32.2. The number of hydrogen-bond donors (Lipinski definition) is 1. The molecule has 2 aliphatic rings. The van der Waals surface area contributed by atoms with E-state index in [0.717, 1.165) is 12.0 Å². The van der Waals surface area contributed by atoms with Gasteiger partial charge >= 0.3 is 0 Å². The summed E-state index contributed by atoms with van der Waals surface area (Å²) < 4.78 is 0. The van der Waals surface area contributed by atoms with E-state index in [1.165, 1.54) is 50.2 Å². The lowest BCUT2D eigenvalue weighted by atomic mass is 9.84. The number of thioether (sulfide) groups is 1. The van der Waals surface area contributed by atoms with Gasteiger partial charge in [0.2, 0.25) is 0 Å². The average molecular weight is 228 g/mol. The first-order chi connectivity index (χ1) is 7.27. The van der Waals surface area contributed by atoms with Gasteiger partial charge in [0, 0.05) is 24.4 Å². The number of nitrogens with zero attached hydrogens (tertiary/aromatic N) is 1. The van der Waals surface area contributed by atoms with Gasteiger partial charge in [-0.1, -0.05) is 12.8 Å². The first-order valence-corrected chi connectivity index (χ1v) is 7.46. The highest BCUT2D eigenvalue weighted by Gasteiger charge is 2.26. The minimum absolute atomic E-state index is 0.468. The zero-order valence-electron chi connectivity index (χ0n) is 9.82. The van der Waals surface area contributed by atoms with Crippen molar-refractivity contribution in [3.63, 3.8) is 0 Å². The molecule has 2 N–H and O–H groups in total. The summed E-state index contributed by atoms with van der Waals surface area (Å²) in [6.45, 7) is 1.23. The van der Waals surface area contributed by atoms with Crippen LogP contribution >= 0.6 is 11.8 Å². The quantitative estimate of drug-likeness (QED) is 0.800. The van der Waals surface area contributed by atoms with E-state index in [0.29, 0.717) is 6.04 Å². The maximum Gasteiger partial charge on any atom is 0.0191 e. The fourth-order valence-electron chi connectivity index (χ4n) is 2.85. The van der Waals surface area contributed by atoms with Crippen molar-refractivity contribution in [1.29, 1.82) is 0 Å². The zero-order chi connectivity index (χ0) is 10.7. The molecular weight excluding hydrogens is 204 g/mol. The van der Waals surface area contributed by atoms with Gasteiger partial charge in [-0.05, 0) is 38.0 Å². The van der Waals surface area contributed by atoms with Crippen molar-refractivity contribution >= 4 is 11.8 Å². The van der Waals surface area contributed by atoms with Crippen molar-refractivity contribution in [3.8, 4) is 0 Å². The van der Waals surface area contributed by atoms with Gasteiger partial charge in [-0.25, -0.2) is 0 Å². The number of nitrogens with two attached hydrogens (primary N) is 1. The van der Waals surface area contributed by atoms with Crippen LogP contribution in [0.5, 0.6) is 0 Å². The molecule has 1 aliphatic heterocycles. The van der Waals surface area contributed by atoms with E-state index in [9.17, 15) is 0 Å². The SMILES string of the molecule is CN(CC1CCCCC1N)C1CCSC1. The molecule has 15 heavy (non-hydrogen) atoms. The van der Waals surface area contributed by atoms with E-state index in [-0.39, 0.29) is 0 Å². The Morgan fingerprint density at radius 1 is 1.27 bits per heavy atom. The second-order valence-electron chi connectivity index (χ2n) is 5.17. The largest absolute Gasteiger partial charge is 0.327 e. The van der Waals surface area contributed by atoms with Gasteiger partial charge in [0.1, 0.15) is 0 Å². The van der Waals surface area contributed by atoms with Crippen LogP contribution < -0.4 is 5.73 Å². The van der Waals surface area contributed by atoms with Crippen molar-refractivity contribution in [2.24, 2.45) is 11.7 Å². The minimum Gasteiger partial charge on any atom is -0.327 e. The average Bonchev–Trinajstić information content (AvgIpc) is 2.74. The van der Waals surface area contributed by atoms with Gasteiger partial charge < -0.3 is 10.6 Å². The molecule has 0 amide bonds. The predicted octanol–water partition coefficient (Wildman–Crippen LogP) is 1.94. The maximum atomic E-state index is 6.19. The van der Waals surface area contributed by atoms with E-state index in [2.05, 4.69) is 23.7 Å². The van der Waals surface area contributed by atoms with E-state index in [4.69, 9.17) is 5.73 Å². The third kappa shape index (κ3) is 3.11. The summed E-state index contributed by atoms with van der Waals surface area (Å²) in [6.07, 6.45) is 6.72. The molecule has 88 valence electrons. The Morgan fingerprint density at radius 3 is 2.73 bits per heavy atom. The molecule has 1 saturated carbocycles. The van der Waals surface area contributed by atoms with Crippen molar-refractivity contribution in [2.45, 2.75) is 44.2 Å². The molecule has 1 heterocycles. The minimum atomic E-state index is 0.468. The van der Waals surface area contributed by atoms with E-state index in [1.54, 1.807) is 0 Å². The first-order valence-electron chi connectivity index (χ1n) is 6.31. The van der Waals surface area contributed by atoms with Crippen LogP contribution in [-0.2, 0) is 0 Å². The van der Waals surface area contributed by atoms with Crippen molar-refractivity contribution in [2.75, 3.05) is 25.1 Å². The summed E-state index contributed by atoms with van der Waals surface area (Å²) in [6, 6.07) is 1.29. The first kappa shape index (κ1) is 11.7. The van der Waals surface area contributed by atoms with Crippen LogP contribution in [0, 0.1) is 5.92 Å². The molecule has 2 rings (SSSR count). The topological polar surface area (TPSA) is 29.3 Å². The molecule has 2 nitrogen and oxygen atoms in total. The van der Waals surface area contributed by atoms with Crippen molar-refractivity contribution in [1.82, 2.24) is 4.90 Å². The summed E-state index contributed by atoms with van der Waals surface area (Å²) in [5, 5.41) is 0. The molecule has 2 fully saturated rings. The molecule has 0 aromatic rings. The molecular formula is C12H24N2S. The van der Waals surface area contributed by atoms with Crippen LogP contribution in [-0.4, -0.2) is 42.1 Å². The van der Waals surface area contributed by atoms with Gasteiger partial charge in [-0.15, -0.1) is 0 Å². The van der Waals surface area contributed by atoms with Gasteiger partial charge in [0.15, 0.2) is 0 Å². The number of hydrogen-bond acceptors (Lipinski definition) is 3. The van der Waals surface area contributed by atoms with Crippen LogP contribution in [0.4, 0.5) is 0 Å². The standard InChI is InChI=1S/C12H24N2S/c1-14(11-6-7-15-9-11)8-10-4-2-3-5-12(10)13/h10-12H,2-9,13H2,1H3. The Hall–Kier alpha value is 0.270. The van der Waals surface area contributed by atoms with Crippen LogP contribution in [0.3, 0.4) is 0 Å². The molecule has 3 atom stereocenters. The molecule has 3 heteroatoms. The van der Waals surface area contributed by atoms with Gasteiger partial charge in [-0.3, -0.25) is 0 Å². The Kier molecular flexibility index (Phi) is 4.35. The van der Waals surface area contributed by atoms with Crippen LogP contribution in [0.25, 0.3) is 0 Å². The zero-order valence-corrected chi connectivity index (χ0v) is 10.6. The third-order valence-corrected chi connectivity index (χ3v) is 5.16. The van der Waals surface area contributed by atoms with Crippen LogP contribution in [0.2, 0.25) is 0 Å². The van der Waals surface area contributed by atoms with Crippen LogP contribution in [0.15, 0.2) is 0 Å². The lowest BCUT2D eigenvalue weighted by Crippen LogP contribution is -2.43. The molecule has 0 aromatic carbocycles. The Bertz CT molecular complexity index is 192. The second-order valence-corrected chi connectivity index (χ2v) is 6.32. The maximum absolute atomic E-state index is 6.19. The van der Waals surface area contributed by atoms with Crippen molar-refractivity contribution in [3.05, 3.63) is 0 Å². The van der Waals surface area contributed by atoms with E-state index >= 15 is 0 Å². The summed E-state index contributed by atoms with van der Waals surface area (Å²) in [7, 11) is 2.29. The molecule has 0 bridgehead atoms. The molecule has 3 unspecified atom stereocenters. The van der Waals surface area contributed by atoms with Crippen molar-refractivity contribution < 1.29 is 0 Å². The summed E-state index contributed by atoms with van der Waals surface area (Å²) in [5.74, 6) is 3.44. The summed E-state index contributed by atoms with van der Waals surface area (Å²) in [5.41, 5.74) is 6.19. The van der Waals surface area contributed by atoms with E-state index in [1.807, 2.05) is 0 Å². The Labute approximate surface area is 98.0 Å². The third-order valence-electron chi connectivity index (χ3n) is 4.02. The molecule has 0 radical (unpaired) electrons. The highest BCUT2D eigenvalue weighted by Crippen LogP contribution is 2.26. The highest BCUT2D eigenvalue weighted by molar-refractivity contribution is 7.99. The molecule has 0 spiro atoms. The summed E-state index contributed by atoms with van der Waals surface area (Å²) in [4.78, 5) is 2.57. The fourth-order valence-corrected chi connectivity index (χ4v) is 4.15. The van der Waals surface area contributed by atoms with Gasteiger partial charge in [-0.2, -0.15) is 11.8 Å². The Balaban J connectivity index is 1.78. The number of rotatable bonds is 3. The molecule has 1 saturated heterocycles. The molecule has 1 aliphatic carbocycles. The molecule has 0 aromatic heterocycles. The fraction of sp³-hybridized carbons (Fsp3) is 1.00. The van der Waals surface area contributed by atoms with Gasteiger partial charge in [0.05, 0.1) is 0 Å². The van der Waals surface area contributed by atoms with Gasteiger partial charge in [0.25, 0.3) is 0 Å². The van der Waals surface area contributed by atoms with E-state index < -0.39 is 0 Å². The van der Waals surface area contributed by atoms with Crippen LogP contribution in [0.1, 0.15) is 32.1 Å².